The van der Waals surface area contributed by atoms with Crippen molar-refractivity contribution in [1.29, 1.82) is 0 Å². The second-order valence-electron chi connectivity index (χ2n) is 6.61. The first-order chi connectivity index (χ1) is 13.0. The van der Waals surface area contributed by atoms with Crippen molar-refractivity contribution >= 4 is 46.1 Å². The number of nitrogens with one attached hydrogen (secondary N) is 1. The van der Waals surface area contributed by atoms with Crippen LogP contribution in [-0.2, 0) is 16.1 Å². The Morgan fingerprint density at radius 1 is 1.33 bits per heavy atom. The van der Waals surface area contributed by atoms with Gasteiger partial charge in [0.2, 0.25) is 5.91 Å². The average Bonchev–Trinajstić information content (AvgIpc) is 3.04. The summed E-state index contributed by atoms with van der Waals surface area (Å²) in [6.07, 6.45) is 1.80. The molecule has 8 nitrogen and oxygen atoms in total. The number of thioether (sulfide) groups is 1. The van der Waals surface area contributed by atoms with E-state index in [1.807, 2.05) is 4.68 Å². The van der Waals surface area contributed by atoms with E-state index in [9.17, 15) is 4.79 Å². The van der Waals surface area contributed by atoms with Crippen LogP contribution in [-0.4, -0.2) is 69.1 Å². The maximum Gasteiger partial charge on any atom is 0.237 e. The highest BCUT2D eigenvalue weighted by atomic mass is 35.5. The van der Waals surface area contributed by atoms with Crippen molar-refractivity contribution in [3.8, 4) is 0 Å². The van der Waals surface area contributed by atoms with Crippen molar-refractivity contribution in [2.75, 3.05) is 37.7 Å². The van der Waals surface area contributed by atoms with Crippen molar-refractivity contribution in [2.45, 2.75) is 43.1 Å². The van der Waals surface area contributed by atoms with Crippen LogP contribution in [0.5, 0.6) is 0 Å². The molecule has 0 spiro atoms. The molecule has 27 heavy (non-hydrogen) atoms. The highest BCUT2D eigenvalue weighted by Crippen LogP contribution is 2.29. The molecule has 1 atom stereocenters. The second-order valence-corrected chi connectivity index (χ2v) is 8.81. The monoisotopic (exact) mass is 412 g/mol. The lowest BCUT2D eigenvalue weighted by Gasteiger charge is -2.28. The fourth-order valence-corrected chi connectivity index (χ4v) is 3.57. The lowest BCUT2D eigenvalue weighted by atomic mass is 10.3. The number of carbonyl (C=O) groups excluding carboxylic acids is 1. The maximum absolute atomic E-state index is 11.7. The number of ether oxygens (including phenoxy) is 1. The number of alkyl halides is 1. The molecule has 1 N–H and O–H groups in total. The third-order valence-electron chi connectivity index (χ3n) is 4.09. The summed E-state index contributed by atoms with van der Waals surface area (Å²) in [4.78, 5) is 23.4. The summed E-state index contributed by atoms with van der Waals surface area (Å²) in [5, 5.41) is 8.76. The SMILES string of the molecule is CC(C)Sc1nc(N2CCOCC2)c2cnn(CCNC(=O)C(C)Cl)c2n1. The number of rotatable bonds is 7. The highest BCUT2D eigenvalue weighted by molar-refractivity contribution is 7.99. The van der Waals surface area contributed by atoms with Gasteiger partial charge in [0.15, 0.2) is 10.8 Å². The fourth-order valence-electron chi connectivity index (χ4n) is 2.79. The number of aromatic nitrogens is 4. The Morgan fingerprint density at radius 2 is 2.07 bits per heavy atom. The molecule has 1 aliphatic heterocycles. The molecule has 1 unspecified atom stereocenters. The van der Waals surface area contributed by atoms with E-state index in [0.29, 0.717) is 31.6 Å². The molecule has 3 rings (SSSR count). The van der Waals surface area contributed by atoms with E-state index in [2.05, 4.69) is 29.2 Å². The van der Waals surface area contributed by atoms with Gasteiger partial charge in [-0.3, -0.25) is 4.79 Å². The summed E-state index contributed by atoms with van der Waals surface area (Å²) >= 11 is 7.41. The molecule has 0 radical (unpaired) electrons. The topological polar surface area (TPSA) is 85.2 Å². The van der Waals surface area contributed by atoms with Gasteiger partial charge in [-0.2, -0.15) is 5.10 Å². The summed E-state index contributed by atoms with van der Waals surface area (Å²) in [5.74, 6) is 0.712. The largest absolute Gasteiger partial charge is 0.378 e. The molecule has 2 aromatic rings. The zero-order valence-corrected chi connectivity index (χ0v) is 17.4. The van der Waals surface area contributed by atoms with E-state index in [1.165, 1.54) is 0 Å². The van der Waals surface area contributed by atoms with Crippen LogP contribution in [0.1, 0.15) is 20.8 Å². The van der Waals surface area contributed by atoms with E-state index in [-0.39, 0.29) is 5.91 Å². The zero-order chi connectivity index (χ0) is 19.4. The first kappa shape index (κ1) is 20.2. The Balaban J connectivity index is 1.88. The van der Waals surface area contributed by atoms with E-state index in [0.717, 1.165) is 35.1 Å². The van der Waals surface area contributed by atoms with Crippen molar-refractivity contribution in [1.82, 2.24) is 25.1 Å². The summed E-state index contributed by atoms with van der Waals surface area (Å²) in [6.45, 7) is 9.82. The molecule has 2 aromatic heterocycles. The molecule has 0 saturated carbocycles. The van der Waals surface area contributed by atoms with E-state index >= 15 is 0 Å². The first-order valence-corrected chi connectivity index (χ1v) is 10.4. The second kappa shape index (κ2) is 9.07. The molecule has 1 saturated heterocycles. The Bertz CT molecular complexity index is 791. The lowest BCUT2D eigenvalue weighted by Crippen LogP contribution is -2.37. The van der Waals surface area contributed by atoms with Crippen LogP contribution in [0, 0.1) is 0 Å². The quantitative estimate of drug-likeness (QED) is 0.422. The molecule has 148 valence electrons. The fraction of sp³-hybridized carbons (Fsp3) is 0.647. The predicted molar refractivity (Wildman–Crippen MR) is 108 cm³/mol. The average molecular weight is 413 g/mol. The minimum Gasteiger partial charge on any atom is -0.378 e. The van der Waals surface area contributed by atoms with Crippen LogP contribution < -0.4 is 10.2 Å². The predicted octanol–water partition coefficient (Wildman–Crippen LogP) is 1.91. The van der Waals surface area contributed by atoms with Crippen LogP contribution >= 0.6 is 23.4 Å². The number of morpholine rings is 1. The number of nitrogens with zero attached hydrogens (tertiary/aromatic N) is 5. The number of halogens is 1. The van der Waals surface area contributed by atoms with Gasteiger partial charge in [-0.05, 0) is 6.92 Å². The van der Waals surface area contributed by atoms with Gasteiger partial charge in [-0.1, -0.05) is 25.6 Å². The minimum absolute atomic E-state index is 0.187. The maximum atomic E-state index is 11.7. The van der Waals surface area contributed by atoms with Gasteiger partial charge >= 0.3 is 0 Å². The summed E-state index contributed by atoms with van der Waals surface area (Å²) in [7, 11) is 0. The molecule has 10 heteroatoms. The normalized spacial score (nSPS) is 16.1. The third-order valence-corrected chi connectivity index (χ3v) is 5.15. The Morgan fingerprint density at radius 3 is 2.74 bits per heavy atom. The van der Waals surface area contributed by atoms with E-state index < -0.39 is 5.38 Å². The van der Waals surface area contributed by atoms with Crippen molar-refractivity contribution < 1.29 is 9.53 Å². The molecule has 0 bridgehead atoms. The number of hydrogen-bond acceptors (Lipinski definition) is 7. The van der Waals surface area contributed by atoms with Gasteiger partial charge < -0.3 is 15.0 Å². The number of anilines is 1. The van der Waals surface area contributed by atoms with Crippen molar-refractivity contribution in [3.05, 3.63) is 6.20 Å². The van der Waals surface area contributed by atoms with Gasteiger partial charge in [-0.15, -0.1) is 11.6 Å². The first-order valence-electron chi connectivity index (χ1n) is 9.10. The van der Waals surface area contributed by atoms with Crippen LogP contribution in [0.2, 0.25) is 0 Å². The summed E-state index contributed by atoms with van der Waals surface area (Å²) < 4.78 is 7.28. The minimum atomic E-state index is -0.552. The Kier molecular flexibility index (Phi) is 6.78. The van der Waals surface area contributed by atoms with Gasteiger partial charge in [-0.25, -0.2) is 14.6 Å². The molecule has 0 aromatic carbocycles. The van der Waals surface area contributed by atoms with Gasteiger partial charge in [0.25, 0.3) is 0 Å². The molecule has 1 aliphatic rings. The van der Waals surface area contributed by atoms with E-state index in [1.54, 1.807) is 24.9 Å². The van der Waals surface area contributed by atoms with Gasteiger partial charge in [0, 0.05) is 24.9 Å². The third kappa shape index (κ3) is 5.03. The van der Waals surface area contributed by atoms with Gasteiger partial charge in [0.1, 0.15) is 11.2 Å². The number of fused-ring (bicyclic) bond motifs is 1. The number of hydrogen-bond donors (Lipinski definition) is 1. The lowest BCUT2D eigenvalue weighted by molar-refractivity contribution is -0.120. The number of carbonyl (C=O) groups is 1. The van der Waals surface area contributed by atoms with Crippen molar-refractivity contribution in [2.24, 2.45) is 0 Å². The highest BCUT2D eigenvalue weighted by Gasteiger charge is 2.20. The molecule has 1 amide bonds. The molecular weight excluding hydrogens is 388 g/mol. The Hall–Kier alpha value is -1.58. The molecule has 0 aliphatic carbocycles. The number of amides is 1. The molecule has 1 fully saturated rings. The summed E-state index contributed by atoms with van der Waals surface area (Å²) in [5.41, 5.74) is 0.780. The zero-order valence-electron chi connectivity index (χ0n) is 15.8. The van der Waals surface area contributed by atoms with Crippen LogP contribution in [0.4, 0.5) is 5.82 Å². The van der Waals surface area contributed by atoms with E-state index in [4.69, 9.17) is 26.3 Å². The smallest absolute Gasteiger partial charge is 0.237 e. The Labute approximate surface area is 168 Å². The van der Waals surface area contributed by atoms with Gasteiger partial charge in [0.05, 0.1) is 31.3 Å². The van der Waals surface area contributed by atoms with Crippen molar-refractivity contribution in [3.63, 3.8) is 0 Å². The molecule has 3 heterocycles. The van der Waals surface area contributed by atoms with Crippen LogP contribution in [0.15, 0.2) is 11.4 Å². The van der Waals surface area contributed by atoms with Crippen LogP contribution in [0.25, 0.3) is 11.0 Å². The summed E-state index contributed by atoms with van der Waals surface area (Å²) in [6, 6.07) is 0. The van der Waals surface area contributed by atoms with Crippen LogP contribution in [0.3, 0.4) is 0 Å². The molecular formula is C17H25ClN6O2S. The standard InChI is InChI=1S/C17H25ClN6O2S/c1-11(2)27-17-21-14(23-6-8-26-9-7-23)13-10-20-24(15(13)22-17)5-4-19-16(25)12(3)18/h10-12H,4-9H2,1-3H3,(H,19,25).